The first-order chi connectivity index (χ1) is 13.1. The number of nitrogens with zero attached hydrogens (tertiary/aromatic N) is 1. The summed E-state index contributed by atoms with van der Waals surface area (Å²) in [5, 5.41) is 15.6. The van der Waals surface area contributed by atoms with Gasteiger partial charge < -0.3 is 20.1 Å². The maximum atomic E-state index is 12.3. The first-order valence-corrected chi connectivity index (χ1v) is 8.56. The molecule has 140 valence electrons. The number of nitrogens with one attached hydrogen (secondary N) is 2. The van der Waals surface area contributed by atoms with Gasteiger partial charge in [-0.1, -0.05) is 23.7 Å². The molecule has 0 saturated heterocycles. The molecule has 7 heteroatoms. The average molecular weight is 386 g/mol. The molecule has 0 unspecified atom stereocenters. The maximum absolute atomic E-state index is 12.3. The van der Waals surface area contributed by atoms with E-state index in [4.69, 9.17) is 21.1 Å². The van der Waals surface area contributed by atoms with Gasteiger partial charge in [-0.25, -0.2) is 0 Å². The normalized spacial score (nSPS) is 10.7. The Morgan fingerprint density at radius 2 is 1.85 bits per heavy atom. The predicted octanol–water partition coefficient (Wildman–Crippen LogP) is 3.54. The zero-order valence-corrected chi connectivity index (χ0v) is 15.8. The largest absolute Gasteiger partial charge is 0.493 e. The molecule has 0 spiro atoms. The van der Waals surface area contributed by atoms with Crippen LogP contribution < -0.4 is 20.1 Å². The van der Waals surface area contributed by atoms with Crippen LogP contribution in [0.25, 0.3) is 0 Å². The van der Waals surface area contributed by atoms with Gasteiger partial charge in [-0.15, -0.1) is 0 Å². The van der Waals surface area contributed by atoms with E-state index in [1.165, 1.54) is 20.4 Å². The lowest BCUT2D eigenvalue weighted by atomic mass is 10.1. The number of nitriles is 1. The molecular formula is C20H20ClN3O3. The molecule has 0 fully saturated rings. The highest BCUT2D eigenvalue weighted by atomic mass is 35.5. The van der Waals surface area contributed by atoms with Crippen LogP contribution in [0.1, 0.15) is 5.56 Å². The summed E-state index contributed by atoms with van der Waals surface area (Å²) in [6.07, 6.45) is 2.15. The second-order valence-electron chi connectivity index (χ2n) is 5.52. The summed E-state index contributed by atoms with van der Waals surface area (Å²) in [5.74, 6) is 0.526. The zero-order chi connectivity index (χ0) is 19.6. The number of carbonyl (C=O) groups is 1. The van der Waals surface area contributed by atoms with E-state index in [1.54, 1.807) is 18.2 Å². The maximum Gasteiger partial charge on any atom is 0.267 e. The summed E-state index contributed by atoms with van der Waals surface area (Å²) in [5.41, 5.74) is 1.58. The van der Waals surface area contributed by atoms with Crippen molar-refractivity contribution in [3.63, 3.8) is 0 Å². The molecular weight excluding hydrogens is 366 g/mol. The number of halogens is 1. The van der Waals surface area contributed by atoms with Gasteiger partial charge in [0.05, 0.1) is 14.2 Å². The van der Waals surface area contributed by atoms with E-state index < -0.39 is 5.91 Å². The van der Waals surface area contributed by atoms with Gasteiger partial charge in [0, 0.05) is 29.5 Å². The Morgan fingerprint density at radius 1 is 1.15 bits per heavy atom. The highest BCUT2D eigenvalue weighted by Gasteiger charge is 2.11. The number of hydrogen-bond donors (Lipinski definition) is 2. The van der Waals surface area contributed by atoms with Crippen LogP contribution in [-0.4, -0.2) is 26.7 Å². The number of methoxy groups -OCH3 is 2. The van der Waals surface area contributed by atoms with Crippen molar-refractivity contribution in [2.24, 2.45) is 0 Å². The molecule has 0 heterocycles. The lowest BCUT2D eigenvalue weighted by Crippen LogP contribution is -2.18. The Morgan fingerprint density at radius 3 is 2.48 bits per heavy atom. The van der Waals surface area contributed by atoms with Crippen molar-refractivity contribution in [3.8, 4) is 17.6 Å². The quantitative estimate of drug-likeness (QED) is 0.412. The monoisotopic (exact) mass is 385 g/mol. The highest BCUT2D eigenvalue weighted by Crippen LogP contribution is 2.29. The molecule has 0 aliphatic heterocycles. The Hall–Kier alpha value is -3.17. The molecule has 0 aliphatic carbocycles. The minimum atomic E-state index is -0.510. The second kappa shape index (κ2) is 10.1. The van der Waals surface area contributed by atoms with Gasteiger partial charge in [-0.3, -0.25) is 4.79 Å². The van der Waals surface area contributed by atoms with Crippen molar-refractivity contribution in [2.75, 3.05) is 26.1 Å². The van der Waals surface area contributed by atoms with Crippen molar-refractivity contribution in [3.05, 3.63) is 64.8 Å². The van der Waals surface area contributed by atoms with Crippen LogP contribution in [0.2, 0.25) is 5.02 Å². The van der Waals surface area contributed by atoms with Gasteiger partial charge in [-0.2, -0.15) is 5.26 Å². The van der Waals surface area contributed by atoms with Crippen molar-refractivity contribution >= 4 is 23.2 Å². The number of anilines is 1. The molecule has 6 nitrogen and oxygen atoms in total. The zero-order valence-electron chi connectivity index (χ0n) is 15.1. The van der Waals surface area contributed by atoms with Crippen molar-refractivity contribution in [1.82, 2.24) is 5.32 Å². The summed E-state index contributed by atoms with van der Waals surface area (Å²) >= 11 is 5.85. The fourth-order valence-corrected chi connectivity index (χ4v) is 2.43. The van der Waals surface area contributed by atoms with Crippen LogP contribution in [0.3, 0.4) is 0 Å². The summed E-state index contributed by atoms with van der Waals surface area (Å²) < 4.78 is 10.4. The number of carbonyl (C=O) groups excluding carboxylic acids is 1. The Labute approximate surface area is 163 Å². The van der Waals surface area contributed by atoms with Gasteiger partial charge in [0.1, 0.15) is 11.6 Å². The molecule has 0 saturated carbocycles. The fraction of sp³-hybridized carbons (Fsp3) is 0.200. The van der Waals surface area contributed by atoms with Crippen LogP contribution in [-0.2, 0) is 11.2 Å². The van der Waals surface area contributed by atoms with Crippen LogP contribution in [0.5, 0.6) is 11.5 Å². The Balaban J connectivity index is 1.93. The molecule has 0 aromatic heterocycles. The Bertz CT molecular complexity index is 858. The smallest absolute Gasteiger partial charge is 0.267 e. The van der Waals surface area contributed by atoms with Crippen LogP contribution >= 0.6 is 11.6 Å². The van der Waals surface area contributed by atoms with E-state index in [-0.39, 0.29) is 5.57 Å². The van der Waals surface area contributed by atoms with E-state index in [1.807, 2.05) is 30.3 Å². The molecule has 2 N–H and O–H groups in total. The SMILES string of the molecule is COc1ccc(NC(=O)/C(C#N)=C\NCCc2ccc(Cl)cc2)cc1OC. The highest BCUT2D eigenvalue weighted by molar-refractivity contribution is 6.30. The van der Waals surface area contributed by atoms with Crippen molar-refractivity contribution in [2.45, 2.75) is 6.42 Å². The van der Waals surface area contributed by atoms with E-state index in [0.717, 1.165) is 12.0 Å². The lowest BCUT2D eigenvalue weighted by Gasteiger charge is -2.10. The number of benzene rings is 2. The summed E-state index contributed by atoms with van der Waals surface area (Å²) in [7, 11) is 3.04. The van der Waals surface area contributed by atoms with E-state index in [9.17, 15) is 10.1 Å². The molecule has 0 radical (unpaired) electrons. The number of hydrogen-bond acceptors (Lipinski definition) is 5. The molecule has 2 rings (SSSR count). The van der Waals surface area contributed by atoms with Crippen LogP contribution in [0.15, 0.2) is 54.2 Å². The molecule has 2 aromatic carbocycles. The second-order valence-corrected chi connectivity index (χ2v) is 5.96. The van der Waals surface area contributed by atoms with Crippen LogP contribution in [0, 0.1) is 11.3 Å². The minimum absolute atomic E-state index is 0.0270. The minimum Gasteiger partial charge on any atom is -0.493 e. The van der Waals surface area contributed by atoms with Gasteiger partial charge in [0.15, 0.2) is 11.5 Å². The molecule has 27 heavy (non-hydrogen) atoms. The van der Waals surface area contributed by atoms with E-state index in [2.05, 4.69) is 10.6 Å². The number of ether oxygens (including phenoxy) is 2. The summed E-state index contributed by atoms with van der Waals surface area (Å²) in [4.78, 5) is 12.3. The third-order valence-corrected chi connectivity index (χ3v) is 3.98. The predicted molar refractivity (Wildman–Crippen MR) is 105 cm³/mol. The van der Waals surface area contributed by atoms with E-state index >= 15 is 0 Å². The fourth-order valence-electron chi connectivity index (χ4n) is 2.30. The first kappa shape index (κ1) is 20.1. The number of rotatable bonds is 8. The van der Waals surface area contributed by atoms with Crippen LogP contribution in [0.4, 0.5) is 5.69 Å². The van der Waals surface area contributed by atoms with Crippen molar-refractivity contribution in [1.29, 1.82) is 5.26 Å². The number of amides is 1. The topological polar surface area (TPSA) is 83.4 Å². The van der Waals surface area contributed by atoms with Gasteiger partial charge in [0.2, 0.25) is 0 Å². The Kier molecular flexibility index (Phi) is 7.53. The van der Waals surface area contributed by atoms with E-state index in [0.29, 0.717) is 28.8 Å². The average Bonchev–Trinajstić information content (AvgIpc) is 2.69. The summed E-state index contributed by atoms with van der Waals surface area (Å²) in [6.45, 7) is 0.580. The third kappa shape index (κ3) is 5.94. The first-order valence-electron chi connectivity index (χ1n) is 8.19. The van der Waals surface area contributed by atoms with Gasteiger partial charge >= 0.3 is 0 Å². The van der Waals surface area contributed by atoms with Crippen molar-refractivity contribution < 1.29 is 14.3 Å². The summed E-state index contributed by atoms with van der Waals surface area (Å²) in [6, 6.07) is 14.4. The molecule has 0 bridgehead atoms. The molecule has 1 amide bonds. The lowest BCUT2D eigenvalue weighted by molar-refractivity contribution is -0.112. The van der Waals surface area contributed by atoms with Gasteiger partial charge in [0.25, 0.3) is 5.91 Å². The molecule has 0 atom stereocenters. The standard InChI is InChI=1S/C20H20ClN3O3/c1-26-18-8-7-17(11-19(18)27-2)24-20(25)15(12-22)13-23-10-9-14-3-5-16(21)6-4-14/h3-8,11,13,23H,9-10H2,1-2H3,(H,24,25)/b15-13-. The van der Waals surface area contributed by atoms with Gasteiger partial charge in [-0.05, 0) is 36.2 Å². The third-order valence-electron chi connectivity index (χ3n) is 3.72. The molecule has 0 aliphatic rings. The molecule has 2 aromatic rings.